The Morgan fingerprint density at radius 2 is 1.29 bits per heavy atom. The Kier molecular flexibility index (Phi) is 7.58. The van der Waals surface area contributed by atoms with Gasteiger partial charge in [0.1, 0.15) is 0 Å². The van der Waals surface area contributed by atoms with Gasteiger partial charge in [-0.2, -0.15) is 0 Å². The normalized spacial score (nSPS) is 13.0. The van der Waals surface area contributed by atoms with Gasteiger partial charge in [0, 0.05) is 0 Å². The Balaban J connectivity index is 2.75. The third kappa shape index (κ3) is 5.65. The standard InChI is InChI=1S/C17H15F6IO6S/c1-27-12-8-13(28-2)15(14(9-12)29-3)24(30-31(25,26)17(21,22)23)11-6-4-10(5-7-11)16(18,19)20/h4-9H,1-3H3. The van der Waals surface area contributed by atoms with Crippen LogP contribution in [0.1, 0.15) is 5.56 Å². The number of alkyl halides is 6. The third-order valence-electron chi connectivity index (χ3n) is 3.63. The zero-order chi connectivity index (χ0) is 23.6. The quantitative estimate of drug-likeness (QED) is 0.256. The summed E-state index contributed by atoms with van der Waals surface area (Å²) in [5.74, 6) is -0.0447. The number of rotatable bonds is 7. The van der Waals surface area contributed by atoms with Gasteiger partial charge in [-0.05, 0) is 0 Å². The van der Waals surface area contributed by atoms with Crippen molar-refractivity contribution in [3.63, 3.8) is 0 Å². The fraction of sp³-hybridized carbons (Fsp3) is 0.294. The molecule has 0 N–H and O–H groups in total. The van der Waals surface area contributed by atoms with E-state index in [1.165, 1.54) is 19.2 Å². The van der Waals surface area contributed by atoms with Crippen molar-refractivity contribution in [1.82, 2.24) is 0 Å². The third-order valence-corrected chi connectivity index (χ3v) is 10.9. The van der Waals surface area contributed by atoms with Crippen LogP contribution >= 0.6 is 20.2 Å². The number of benzene rings is 2. The molecule has 0 spiro atoms. The summed E-state index contributed by atoms with van der Waals surface area (Å²) >= 11 is -4.11. The second-order valence-electron chi connectivity index (χ2n) is 5.56. The monoisotopic (exact) mass is 588 g/mol. The molecule has 31 heavy (non-hydrogen) atoms. The molecule has 0 saturated carbocycles. The molecule has 2 aromatic carbocycles. The van der Waals surface area contributed by atoms with Gasteiger partial charge in [0.15, 0.2) is 0 Å². The van der Waals surface area contributed by atoms with E-state index in [4.69, 9.17) is 14.2 Å². The summed E-state index contributed by atoms with van der Waals surface area (Å²) in [6.45, 7) is 0. The molecule has 2 rings (SSSR count). The molecular formula is C17H15F6IO6S. The van der Waals surface area contributed by atoms with Gasteiger partial charge in [-0.1, -0.05) is 0 Å². The van der Waals surface area contributed by atoms with E-state index in [-0.39, 0.29) is 24.4 Å². The first-order valence-electron chi connectivity index (χ1n) is 7.93. The summed E-state index contributed by atoms with van der Waals surface area (Å²) in [6, 6.07) is 5.48. The van der Waals surface area contributed by atoms with E-state index in [2.05, 4.69) is 2.51 Å². The summed E-state index contributed by atoms with van der Waals surface area (Å²) in [6.07, 6.45) is -4.70. The summed E-state index contributed by atoms with van der Waals surface area (Å²) in [4.78, 5) is 0. The Hall–Kier alpha value is -1.94. The topological polar surface area (TPSA) is 71.1 Å². The number of halogens is 7. The molecule has 0 saturated heterocycles. The second-order valence-corrected chi connectivity index (χ2v) is 11.9. The van der Waals surface area contributed by atoms with E-state index < -0.39 is 47.6 Å². The molecule has 0 aliphatic carbocycles. The van der Waals surface area contributed by atoms with Crippen LogP contribution in [0.2, 0.25) is 0 Å². The van der Waals surface area contributed by atoms with Crippen molar-refractivity contribution in [3.05, 3.63) is 49.1 Å². The molecule has 0 aliphatic rings. The van der Waals surface area contributed by atoms with E-state index >= 15 is 0 Å². The SMILES string of the molecule is COc1cc(OC)c(I(OS(=O)(=O)C(F)(F)F)c2ccc(C(F)(F)F)cc2)c(OC)c1. The zero-order valence-corrected chi connectivity index (χ0v) is 18.9. The minimum atomic E-state index is -6.09. The molecule has 0 heterocycles. The van der Waals surface area contributed by atoms with Crippen LogP contribution in [0.4, 0.5) is 26.3 Å². The molecule has 0 amide bonds. The average Bonchev–Trinajstić information content (AvgIpc) is 2.69. The summed E-state index contributed by atoms with van der Waals surface area (Å²) < 4.78 is 121. The van der Waals surface area contributed by atoms with Crippen LogP contribution in [0.5, 0.6) is 17.2 Å². The zero-order valence-electron chi connectivity index (χ0n) is 16.0. The van der Waals surface area contributed by atoms with Gasteiger partial charge in [-0.3, -0.25) is 0 Å². The van der Waals surface area contributed by atoms with Crippen molar-refractivity contribution in [1.29, 1.82) is 0 Å². The molecule has 0 radical (unpaired) electrons. The molecule has 0 fully saturated rings. The molecule has 0 unspecified atom stereocenters. The van der Waals surface area contributed by atoms with Gasteiger partial charge < -0.3 is 0 Å². The predicted octanol–water partition coefficient (Wildman–Crippen LogP) is 5.06. The Morgan fingerprint density at radius 3 is 1.65 bits per heavy atom. The Morgan fingerprint density at radius 1 is 0.806 bits per heavy atom. The molecular weight excluding hydrogens is 573 g/mol. The maximum absolute atomic E-state index is 13.0. The Labute approximate surface area is 181 Å². The minimum absolute atomic E-state index is 0.112. The van der Waals surface area contributed by atoms with E-state index in [1.54, 1.807) is 0 Å². The van der Waals surface area contributed by atoms with E-state index in [0.29, 0.717) is 12.1 Å². The first-order valence-corrected chi connectivity index (χ1v) is 12.4. The molecule has 0 aliphatic heterocycles. The maximum atomic E-state index is 13.0. The number of hydrogen-bond acceptors (Lipinski definition) is 6. The average molecular weight is 588 g/mol. The van der Waals surface area contributed by atoms with Crippen molar-refractivity contribution in [2.24, 2.45) is 0 Å². The summed E-state index contributed by atoms with van der Waals surface area (Å²) in [7, 11) is -2.47. The predicted molar refractivity (Wildman–Crippen MR) is 105 cm³/mol. The van der Waals surface area contributed by atoms with Crippen LogP contribution in [0.3, 0.4) is 0 Å². The van der Waals surface area contributed by atoms with Crippen molar-refractivity contribution >= 4 is 30.4 Å². The van der Waals surface area contributed by atoms with Crippen LogP contribution in [0, 0.1) is 7.14 Å². The van der Waals surface area contributed by atoms with Crippen molar-refractivity contribution in [2.75, 3.05) is 21.3 Å². The summed E-state index contributed by atoms with van der Waals surface area (Å²) in [5.41, 5.74) is -6.82. The van der Waals surface area contributed by atoms with Gasteiger partial charge in [0.05, 0.1) is 0 Å². The van der Waals surface area contributed by atoms with E-state index in [9.17, 15) is 34.8 Å². The van der Waals surface area contributed by atoms with Gasteiger partial charge in [-0.25, -0.2) is 0 Å². The molecule has 2 aromatic rings. The summed E-state index contributed by atoms with van der Waals surface area (Å²) in [5, 5.41) is 0. The van der Waals surface area contributed by atoms with Crippen molar-refractivity contribution in [2.45, 2.75) is 11.7 Å². The number of ether oxygens (including phenoxy) is 3. The molecule has 0 aromatic heterocycles. The second kappa shape index (κ2) is 9.28. The van der Waals surface area contributed by atoms with Crippen molar-refractivity contribution < 1.29 is 51.5 Å². The first kappa shape index (κ1) is 25.3. The fourth-order valence-electron chi connectivity index (χ4n) is 2.18. The van der Waals surface area contributed by atoms with Crippen molar-refractivity contribution in [3.8, 4) is 17.2 Å². The van der Waals surface area contributed by atoms with Crippen LogP contribution in [0.25, 0.3) is 0 Å². The number of hydrogen-bond donors (Lipinski definition) is 0. The van der Waals surface area contributed by atoms with Gasteiger partial charge in [0.25, 0.3) is 0 Å². The molecule has 174 valence electrons. The van der Waals surface area contributed by atoms with Gasteiger partial charge >= 0.3 is 181 Å². The van der Waals surface area contributed by atoms with Crippen LogP contribution in [0.15, 0.2) is 36.4 Å². The molecule has 0 atom stereocenters. The molecule has 14 heteroatoms. The van der Waals surface area contributed by atoms with Gasteiger partial charge in [-0.15, -0.1) is 0 Å². The number of methoxy groups -OCH3 is 3. The van der Waals surface area contributed by atoms with Crippen LogP contribution in [-0.2, 0) is 18.8 Å². The Bertz CT molecular complexity index is 996. The first-order chi connectivity index (χ1) is 14.2. The fourth-order valence-corrected chi connectivity index (χ4v) is 9.10. The van der Waals surface area contributed by atoms with E-state index in [0.717, 1.165) is 26.4 Å². The van der Waals surface area contributed by atoms with Crippen LogP contribution < -0.4 is 14.2 Å². The molecule has 6 nitrogen and oxygen atoms in total. The van der Waals surface area contributed by atoms with E-state index in [1.807, 2.05) is 0 Å². The van der Waals surface area contributed by atoms with Gasteiger partial charge in [0.2, 0.25) is 0 Å². The van der Waals surface area contributed by atoms with Crippen LogP contribution in [-0.4, -0.2) is 35.3 Å². The molecule has 0 bridgehead atoms.